The molecule has 0 bridgehead atoms. The van der Waals surface area contributed by atoms with E-state index in [1.807, 2.05) is 0 Å². The van der Waals surface area contributed by atoms with Gasteiger partial charge in [0.1, 0.15) is 11.5 Å². The zero-order valence-electron chi connectivity index (χ0n) is 12.5. The normalized spacial score (nSPS) is 11.0. The van der Waals surface area contributed by atoms with Crippen LogP contribution in [0.25, 0.3) is 0 Å². The number of anilines is 1. The van der Waals surface area contributed by atoms with Crippen molar-refractivity contribution in [2.24, 2.45) is 0 Å². The third kappa shape index (κ3) is 5.66. The predicted octanol–water partition coefficient (Wildman–Crippen LogP) is 4.56. The molecule has 128 valence electrons. The molecule has 2 aromatic carbocycles. The molecule has 0 saturated heterocycles. The van der Waals surface area contributed by atoms with Crippen LogP contribution >= 0.6 is 11.6 Å². The first-order chi connectivity index (χ1) is 11.2. The van der Waals surface area contributed by atoms with Gasteiger partial charge in [-0.25, -0.2) is 0 Å². The van der Waals surface area contributed by atoms with Crippen molar-refractivity contribution in [1.29, 1.82) is 0 Å². The molecule has 0 radical (unpaired) electrons. The van der Waals surface area contributed by atoms with Gasteiger partial charge in [0, 0.05) is 10.7 Å². The van der Waals surface area contributed by atoms with Crippen LogP contribution in [0.4, 0.5) is 18.9 Å². The number of rotatable bonds is 5. The second-order valence-corrected chi connectivity index (χ2v) is 5.26. The van der Waals surface area contributed by atoms with E-state index in [9.17, 15) is 18.0 Å². The summed E-state index contributed by atoms with van der Waals surface area (Å²) in [6, 6.07) is 9.79. The van der Waals surface area contributed by atoms with Gasteiger partial charge >= 0.3 is 6.36 Å². The summed E-state index contributed by atoms with van der Waals surface area (Å²) in [5.41, 5.74) is 1.11. The van der Waals surface area contributed by atoms with Gasteiger partial charge in [-0.05, 0) is 55.0 Å². The van der Waals surface area contributed by atoms with Gasteiger partial charge in [0.2, 0.25) is 0 Å². The van der Waals surface area contributed by atoms with Crippen LogP contribution in [-0.2, 0) is 4.79 Å². The van der Waals surface area contributed by atoms with Crippen LogP contribution in [0.5, 0.6) is 11.5 Å². The minimum absolute atomic E-state index is 0.247. The molecule has 0 fully saturated rings. The average Bonchev–Trinajstić information content (AvgIpc) is 2.47. The van der Waals surface area contributed by atoms with Gasteiger partial charge in [0.15, 0.2) is 6.61 Å². The first kappa shape index (κ1) is 17.9. The maximum absolute atomic E-state index is 12.1. The molecule has 2 aromatic rings. The van der Waals surface area contributed by atoms with Crippen molar-refractivity contribution in [3.8, 4) is 11.5 Å². The first-order valence-electron chi connectivity index (χ1n) is 6.77. The highest BCUT2D eigenvalue weighted by atomic mass is 35.5. The van der Waals surface area contributed by atoms with Crippen molar-refractivity contribution < 1.29 is 27.4 Å². The second-order valence-electron chi connectivity index (χ2n) is 4.82. The van der Waals surface area contributed by atoms with Crippen molar-refractivity contribution in [3.63, 3.8) is 0 Å². The minimum atomic E-state index is -4.75. The van der Waals surface area contributed by atoms with Gasteiger partial charge in [0.05, 0.1) is 0 Å². The van der Waals surface area contributed by atoms with Gasteiger partial charge in [-0.1, -0.05) is 11.6 Å². The van der Waals surface area contributed by atoms with Gasteiger partial charge in [-0.15, -0.1) is 13.2 Å². The van der Waals surface area contributed by atoms with E-state index < -0.39 is 12.3 Å². The zero-order valence-corrected chi connectivity index (χ0v) is 13.2. The van der Waals surface area contributed by atoms with Crippen LogP contribution in [0.1, 0.15) is 5.56 Å². The van der Waals surface area contributed by atoms with Crippen molar-refractivity contribution in [2.45, 2.75) is 13.3 Å². The topological polar surface area (TPSA) is 47.6 Å². The van der Waals surface area contributed by atoms with Gasteiger partial charge in [-0.3, -0.25) is 4.79 Å². The molecule has 0 atom stereocenters. The number of halogens is 4. The summed E-state index contributed by atoms with van der Waals surface area (Å²) in [6.45, 7) is 1.54. The number of carbonyl (C=O) groups is 1. The Balaban J connectivity index is 1.88. The monoisotopic (exact) mass is 359 g/mol. The van der Waals surface area contributed by atoms with E-state index in [2.05, 4.69) is 10.1 Å². The molecule has 0 unspecified atom stereocenters. The van der Waals surface area contributed by atoms with Crippen LogP contribution in [-0.4, -0.2) is 18.9 Å². The Morgan fingerprint density at radius 3 is 2.42 bits per heavy atom. The highest BCUT2D eigenvalue weighted by Crippen LogP contribution is 2.24. The molecule has 0 aliphatic carbocycles. The zero-order chi connectivity index (χ0) is 17.7. The number of carbonyl (C=O) groups excluding carboxylic acids is 1. The number of nitrogens with one attached hydrogen (secondary N) is 1. The summed E-state index contributed by atoms with van der Waals surface area (Å²) in [5, 5.41) is 3.07. The third-order valence-corrected chi connectivity index (χ3v) is 3.10. The Morgan fingerprint density at radius 2 is 1.83 bits per heavy atom. The van der Waals surface area contributed by atoms with Crippen LogP contribution in [0, 0.1) is 6.92 Å². The largest absolute Gasteiger partial charge is 0.573 e. The fourth-order valence-corrected chi connectivity index (χ4v) is 2.08. The van der Waals surface area contributed by atoms with Crippen molar-refractivity contribution >= 4 is 23.2 Å². The molecule has 0 saturated carbocycles. The fraction of sp³-hybridized carbons (Fsp3) is 0.188. The molecule has 0 aliphatic rings. The molecule has 8 heteroatoms. The molecule has 2 rings (SSSR count). The van der Waals surface area contributed by atoms with Gasteiger partial charge in [0.25, 0.3) is 5.91 Å². The minimum Gasteiger partial charge on any atom is -0.483 e. The Bertz CT molecular complexity index is 717. The maximum atomic E-state index is 12.1. The SMILES string of the molecule is Cc1cc(Cl)ccc1OCC(=O)Nc1ccc(OC(F)(F)F)cc1. The molecule has 0 heterocycles. The molecule has 0 spiro atoms. The Labute approximate surface area is 141 Å². The number of aryl methyl sites for hydroxylation is 1. The molecular formula is C16H13ClF3NO3. The van der Waals surface area contributed by atoms with Crippen molar-refractivity contribution in [2.75, 3.05) is 11.9 Å². The predicted molar refractivity (Wildman–Crippen MR) is 83.4 cm³/mol. The van der Waals surface area contributed by atoms with E-state index in [1.165, 1.54) is 12.1 Å². The fourth-order valence-electron chi connectivity index (χ4n) is 1.86. The second kappa shape index (κ2) is 7.44. The summed E-state index contributed by atoms with van der Waals surface area (Å²) in [6.07, 6.45) is -4.75. The quantitative estimate of drug-likeness (QED) is 0.851. The standard InChI is InChI=1S/C16H13ClF3NO3/c1-10-8-11(17)2-7-14(10)23-9-15(22)21-12-3-5-13(6-4-12)24-16(18,19)20/h2-8H,9H2,1H3,(H,21,22). The Kier molecular flexibility index (Phi) is 5.56. The van der Waals surface area contributed by atoms with Crippen molar-refractivity contribution in [1.82, 2.24) is 0 Å². The molecule has 1 amide bonds. The number of hydrogen-bond acceptors (Lipinski definition) is 3. The number of hydrogen-bond donors (Lipinski definition) is 1. The number of ether oxygens (including phenoxy) is 2. The molecule has 1 N–H and O–H groups in total. The lowest BCUT2D eigenvalue weighted by Gasteiger charge is -2.11. The Hall–Kier alpha value is -2.41. The number of benzene rings is 2. The Morgan fingerprint density at radius 1 is 1.17 bits per heavy atom. The van der Waals surface area contributed by atoms with Crippen LogP contribution in [0.2, 0.25) is 5.02 Å². The van der Waals surface area contributed by atoms with E-state index in [0.717, 1.165) is 17.7 Å². The van der Waals surface area contributed by atoms with Crippen LogP contribution in [0.15, 0.2) is 42.5 Å². The molecule has 4 nitrogen and oxygen atoms in total. The molecule has 0 aromatic heterocycles. The first-order valence-corrected chi connectivity index (χ1v) is 7.15. The van der Waals surface area contributed by atoms with E-state index in [4.69, 9.17) is 16.3 Å². The van der Waals surface area contributed by atoms with E-state index in [1.54, 1.807) is 25.1 Å². The lowest BCUT2D eigenvalue weighted by Crippen LogP contribution is -2.20. The average molecular weight is 360 g/mol. The lowest BCUT2D eigenvalue weighted by atomic mass is 10.2. The molecule has 24 heavy (non-hydrogen) atoms. The summed E-state index contributed by atoms with van der Waals surface area (Å²) in [7, 11) is 0. The van der Waals surface area contributed by atoms with Crippen LogP contribution < -0.4 is 14.8 Å². The lowest BCUT2D eigenvalue weighted by molar-refractivity contribution is -0.274. The smallest absolute Gasteiger partial charge is 0.483 e. The molecule has 0 aliphatic heterocycles. The third-order valence-electron chi connectivity index (χ3n) is 2.87. The van der Waals surface area contributed by atoms with Gasteiger partial charge in [-0.2, -0.15) is 0 Å². The van der Waals surface area contributed by atoms with Crippen molar-refractivity contribution in [3.05, 3.63) is 53.1 Å². The molecular weight excluding hydrogens is 347 g/mol. The maximum Gasteiger partial charge on any atom is 0.573 e. The summed E-state index contributed by atoms with van der Waals surface area (Å²) < 4.78 is 45.3. The summed E-state index contributed by atoms with van der Waals surface area (Å²) in [5.74, 6) is -0.300. The highest BCUT2D eigenvalue weighted by molar-refractivity contribution is 6.30. The highest BCUT2D eigenvalue weighted by Gasteiger charge is 2.30. The van der Waals surface area contributed by atoms with Gasteiger partial charge < -0.3 is 14.8 Å². The summed E-state index contributed by atoms with van der Waals surface area (Å²) in [4.78, 5) is 11.8. The van der Waals surface area contributed by atoms with E-state index in [0.29, 0.717) is 16.5 Å². The number of alkyl halides is 3. The van der Waals surface area contributed by atoms with E-state index >= 15 is 0 Å². The van der Waals surface area contributed by atoms with E-state index in [-0.39, 0.29) is 12.4 Å². The number of amides is 1. The van der Waals surface area contributed by atoms with Crippen LogP contribution in [0.3, 0.4) is 0 Å². The summed E-state index contributed by atoms with van der Waals surface area (Å²) >= 11 is 5.82.